The van der Waals surface area contributed by atoms with Crippen molar-refractivity contribution in [2.75, 3.05) is 37.6 Å². The molecule has 0 N–H and O–H groups in total. The van der Waals surface area contributed by atoms with Crippen molar-refractivity contribution in [2.45, 2.75) is 19.3 Å². The molecule has 1 saturated heterocycles. The van der Waals surface area contributed by atoms with E-state index in [0.29, 0.717) is 0 Å². The van der Waals surface area contributed by atoms with Crippen LogP contribution in [0, 0.1) is 10.1 Å². The second-order valence-electron chi connectivity index (χ2n) is 8.80. The summed E-state index contributed by atoms with van der Waals surface area (Å²) in [4.78, 5) is 15.7. The summed E-state index contributed by atoms with van der Waals surface area (Å²) in [6.45, 7) is 4.46. The molecule has 0 amide bonds. The lowest BCUT2D eigenvalue weighted by molar-refractivity contribution is -0.384. The summed E-state index contributed by atoms with van der Waals surface area (Å²) >= 11 is 0. The first kappa shape index (κ1) is 24.0. The Morgan fingerprint density at radius 1 is 0.794 bits per heavy atom. The van der Waals surface area contributed by atoms with Crippen LogP contribution < -0.4 is 4.90 Å². The second-order valence-corrected chi connectivity index (χ2v) is 8.80. The first-order chi connectivity index (χ1) is 16.2. The Hall–Kier alpha value is -3.15. The highest BCUT2D eigenvalue weighted by Crippen LogP contribution is 2.34. The number of rotatable bonds is 5. The molecule has 0 unspecified atom stereocenters. The number of piperazine rings is 1. The largest absolute Gasteiger partial charge is 0.363 e. The van der Waals surface area contributed by atoms with Gasteiger partial charge in [0.05, 0.1) is 4.92 Å². The predicted molar refractivity (Wildman–Crippen MR) is 141 cm³/mol. The van der Waals surface area contributed by atoms with Crippen LogP contribution in [0.2, 0.25) is 0 Å². The second kappa shape index (κ2) is 10.9. The van der Waals surface area contributed by atoms with Gasteiger partial charge >= 0.3 is 0 Å². The number of nitrogens with zero attached hydrogens (tertiary/aromatic N) is 3. The molecule has 1 aliphatic heterocycles. The Morgan fingerprint density at radius 3 is 1.97 bits per heavy atom. The van der Waals surface area contributed by atoms with Gasteiger partial charge in [0, 0.05) is 38.8 Å². The first-order valence-electron chi connectivity index (χ1n) is 11.8. The van der Waals surface area contributed by atoms with E-state index in [0.717, 1.165) is 57.7 Å². The molecule has 5 nitrogen and oxygen atoms in total. The van der Waals surface area contributed by atoms with Crippen LogP contribution in [0.4, 0.5) is 11.4 Å². The van der Waals surface area contributed by atoms with Gasteiger partial charge in [0.2, 0.25) is 0 Å². The van der Waals surface area contributed by atoms with Crippen molar-refractivity contribution in [1.82, 2.24) is 4.90 Å². The van der Waals surface area contributed by atoms with Crippen molar-refractivity contribution in [3.63, 3.8) is 0 Å². The number of nitro groups is 1. The molecule has 0 atom stereocenters. The maximum Gasteiger partial charge on any atom is 0.292 e. The lowest BCUT2D eigenvalue weighted by Crippen LogP contribution is -2.46. The zero-order valence-corrected chi connectivity index (χ0v) is 20.0. The van der Waals surface area contributed by atoms with Crippen LogP contribution in [-0.4, -0.2) is 42.5 Å². The van der Waals surface area contributed by atoms with Crippen LogP contribution in [0.15, 0.2) is 78.9 Å². The molecule has 176 valence electrons. The van der Waals surface area contributed by atoms with Crippen LogP contribution in [0.1, 0.15) is 28.7 Å². The van der Waals surface area contributed by atoms with E-state index >= 15 is 0 Å². The lowest BCUT2D eigenvalue weighted by Gasteiger charge is -2.35. The smallest absolute Gasteiger partial charge is 0.292 e. The molecule has 6 heteroatoms. The molecular formula is C28H30ClN3O2. The predicted octanol–water partition coefficient (Wildman–Crippen LogP) is 5.76. The number of nitro benzene ring substituents is 1. The van der Waals surface area contributed by atoms with E-state index in [-0.39, 0.29) is 23.0 Å². The van der Waals surface area contributed by atoms with Crippen molar-refractivity contribution in [1.29, 1.82) is 0 Å². The van der Waals surface area contributed by atoms with Gasteiger partial charge in [-0.25, -0.2) is 0 Å². The maximum atomic E-state index is 11.4. The fourth-order valence-corrected chi connectivity index (χ4v) is 5.13. The third-order valence-corrected chi connectivity index (χ3v) is 6.86. The number of fused-ring (bicyclic) bond motifs is 2. The van der Waals surface area contributed by atoms with Crippen LogP contribution in [0.25, 0.3) is 5.57 Å². The number of benzene rings is 3. The molecule has 34 heavy (non-hydrogen) atoms. The Labute approximate surface area is 207 Å². The molecular weight excluding hydrogens is 446 g/mol. The third kappa shape index (κ3) is 5.01. The quantitative estimate of drug-likeness (QED) is 0.348. The molecule has 0 bridgehead atoms. The normalized spacial score (nSPS) is 15.5. The average Bonchev–Trinajstić information content (AvgIpc) is 3.02. The molecule has 3 aromatic carbocycles. The number of aryl methyl sites for hydroxylation is 2. The van der Waals surface area contributed by atoms with Gasteiger partial charge in [-0.2, -0.15) is 0 Å². The van der Waals surface area contributed by atoms with Crippen molar-refractivity contribution in [3.8, 4) is 0 Å². The van der Waals surface area contributed by atoms with E-state index in [1.807, 2.05) is 12.1 Å². The molecule has 3 aromatic rings. The summed E-state index contributed by atoms with van der Waals surface area (Å²) in [6.07, 6.45) is 5.57. The van der Waals surface area contributed by atoms with Gasteiger partial charge in [0.15, 0.2) is 0 Å². The van der Waals surface area contributed by atoms with Gasteiger partial charge in [-0.3, -0.25) is 15.0 Å². The van der Waals surface area contributed by atoms with E-state index in [1.54, 1.807) is 12.1 Å². The summed E-state index contributed by atoms with van der Waals surface area (Å²) in [5.41, 5.74) is 7.87. The van der Waals surface area contributed by atoms with Crippen LogP contribution in [0.3, 0.4) is 0 Å². The monoisotopic (exact) mass is 475 g/mol. The molecule has 1 heterocycles. The summed E-state index contributed by atoms with van der Waals surface area (Å²) in [6, 6.07) is 24.7. The van der Waals surface area contributed by atoms with Crippen molar-refractivity contribution < 1.29 is 4.92 Å². The minimum absolute atomic E-state index is 0. The molecule has 0 saturated carbocycles. The number of anilines is 1. The van der Waals surface area contributed by atoms with E-state index in [9.17, 15) is 10.1 Å². The zero-order chi connectivity index (χ0) is 22.6. The number of hydrogen-bond acceptors (Lipinski definition) is 4. The third-order valence-electron chi connectivity index (χ3n) is 6.86. The lowest BCUT2D eigenvalue weighted by atomic mass is 9.93. The topological polar surface area (TPSA) is 49.6 Å². The number of halogens is 1. The summed E-state index contributed by atoms with van der Waals surface area (Å²) in [7, 11) is 0. The van der Waals surface area contributed by atoms with Crippen LogP contribution >= 0.6 is 12.4 Å². The van der Waals surface area contributed by atoms with Crippen molar-refractivity contribution in [3.05, 3.63) is 111 Å². The van der Waals surface area contributed by atoms with Gasteiger partial charge in [-0.15, -0.1) is 12.4 Å². The highest BCUT2D eigenvalue weighted by Gasteiger charge is 2.23. The van der Waals surface area contributed by atoms with Crippen LogP contribution in [-0.2, 0) is 12.8 Å². The van der Waals surface area contributed by atoms with Gasteiger partial charge in [-0.1, -0.05) is 66.7 Å². The molecule has 5 rings (SSSR count). The highest BCUT2D eigenvalue weighted by atomic mass is 35.5. The minimum atomic E-state index is -0.281. The summed E-state index contributed by atoms with van der Waals surface area (Å²) in [5.74, 6) is 0. The first-order valence-corrected chi connectivity index (χ1v) is 11.8. The number of para-hydroxylation sites is 2. The fourth-order valence-electron chi connectivity index (χ4n) is 5.13. The Morgan fingerprint density at radius 2 is 1.35 bits per heavy atom. The van der Waals surface area contributed by atoms with Gasteiger partial charge < -0.3 is 4.90 Å². The van der Waals surface area contributed by atoms with Crippen molar-refractivity contribution in [2.24, 2.45) is 0 Å². The molecule has 0 spiro atoms. The Bertz CT molecular complexity index is 1140. The Kier molecular flexibility index (Phi) is 7.66. The molecule has 0 radical (unpaired) electrons. The highest BCUT2D eigenvalue weighted by molar-refractivity contribution is 5.85. The molecule has 1 fully saturated rings. The van der Waals surface area contributed by atoms with Gasteiger partial charge in [0.25, 0.3) is 5.69 Å². The fraction of sp³-hybridized carbons (Fsp3) is 0.286. The number of hydrogen-bond donors (Lipinski definition) is 0. The molecule has 1 aliphatic carbocycles. The van der Waals surface area contributed by atoms with Gasteiger partial charge in [0.1, 0.15) is 5.69 Å². The molecule has 0 aromatic heterocycles. The molecule has 2 aliphatic rings. The van der Waals surface area contributed by atoms with E-state index in [2.05, 4.69) is 64.4 Å². The van der Waals surface area contributed by atoms with E-state index in [1.165, 1.54) is 27.8 Å². The Balaban J connectivity index is 0.00000274. The van der Waals surface area contributed by atoms with Crippen LogP contribution in [0.5, 0.6) is 0 Å². The minimum Gasteiger partial charge on any atom is -0.363 e. The summed E-state index contributed by atoms with van der Waals surface area (Å²) < 4.78 is 0. The van der Waals surface area contributed by atoms with E-state index in [4.69, 9.17) is 0 Å². The standard InChI is InChI=1S/C28H29N3O2.ClH/c32-31(33)28-14-6-5-13-27(28)30-20-18-29(19-21-30)17-7-12-26-24-10-3-1-8-22(24)15-16-23-9-2-4-11-25(23)26;/h1-6,8-14H,7,15-21H2;1H. The SMILES string of the molecule is Cl.O=[N+]([O-])c1ccccc1N1CCN(CCC=C2c3ccccc3CCc3ccccc32)CC1. The average molecular weight is 476 g/mol. The van der Waals surface area contributed by atoms with Crippen molar-refractivity contribution >= 4 is 29.4 Å². The van der Waals surface area contributed by atoms with E-state index < -0.39 is 0 Å². The summed E-state index contributed by atoms with van der Waals surface area (Å²) in [5, 5.41) is 11.4. The zero-order valence-electron chi connectivity index (χ0n) is 19.2. The maximum absolute atomic E-state index is 11.4. The van der Waals surface area contributed by atoms with Gasteiger partial charge in [-0.05, 0) is 53.2 Å².